The number of amides is 1. The van der Waals surface area contributed by atoms with E-state index in [4.69, 9.17) is 0 Å². The first-order valence-corrected chi connectivity index (χ1v) is 6.21. The van der Waals surface area contributed by atoms with Crippen molar-refractivity contribution in [3.05, 3.63) is 0 Å². The largest absolute Gasteiger partial charge is 0.341 e. The molecule has 0 radical (unpaired) electrons. The van der Waals surface area contributed by atoms with Gasteiger partial charge in [0.05, 0.1) is 0 Å². The van der Waals surface area contributed by atoms with Crippen LogP contribution in [0.15, 0.2) is 0 Å². The van der Waals surface area contributed by atoms with Gasteiger partial charge in [0, 0.05) is 26.2 Å². The molecule has 0 aromatic carbocycles. The minimum Gasteiger partial charge on any atom is -0.341 e. The van der Waals surface area contributed by atoms with E-state index >= 15 is 0 Å². The standard InChI is InChI=1S/C12H22N2O/c1-10(2)8-14-9-11(14)12(15)13-6-4-3-5-7-13/h10-11H,3-9H2,1-2H3. The Hall–Kier alpha value is -0.570. The third-order valence-corrected chi connectivity index (χ3v) is 3.27. The average molecular weight is 210 g/mol. The molecule has 2 rings (SSSR count). The molecule has 2 heterocycles. The van der Waals surface area contributed by atoms with Gasteiger partial charge < -0.3 is 4.90 Å². The van der Waals surface area contributed by atoms with Crippen LogP contribution in [0.1, 0.15) is 33.1 Å². The molecule has 2 atom stereocenters. The fraction of sp³-hybridized carbons (Fsp3) is 0.917. The van der Waals surface area contributed by atoms with Crippen molar-refractivity contribution in [3.8, 4) is 0 Å². The number of piperidine rings is 1. The molecular weight excluding hydrogens is 188 g/mol. The van der Waals surface area contributed by atoms with E-state index in [-0.39, 0.29) is 6.04 Å². The lowest BCUT2D eigenvalue weighted by Gasteiger charge is -2.26. The predicted octanol–water partition coefficient (Wildman–Crippen LogP) is 1.34. The van der Waals surface area contributed by atoms with Crippen LogP contribution in [-0.4, -0.2) is 47.9 Å². The Morgan fingerprint density at radius 2 is 1.93 bits per heavy atom. The first-order chi connectivity index (χ1) is 7.18. The van der Waals surface area contributed by atoms with E-state index in [1.807, 2.05) is 0 Å². The minimum absolute atomic E-state index is 0.227. The van der Waals surface area contributed by atoms with Gasteiger partial charge in [-0.05, 0) is 25.2 Å². The van der Waals surface area contributed by atoms with Gasteiger partial charge in [0.1, 0.15) is 6.04 Å². The molecule has 0 saturated carbocycles. The van der Waals surface area contributed by atoms with Crippen molar-refractivity contribution in [1.82, 2.24) is 9.80 Å². The molecule has 1 amide bonds. The van der Waals surface area contributed by atoms with Gasteiger partial charge in [-0.2, -0.15) is 0 Å². The maximum atomic E-state index is 12.0. The van der Waals surface area contributed by atoms with Crippen molar-refractivity contribution in [1.29, 1.82) is 0 Å². The summed E-state index contributed by atoms with van der Waals surface area (Å²) >= 11 is 0. The van der Waals surface area contributed by atoms with E-state index in [0.29, 0.717) is 11.8 Å². The molecule has 0 aliphatic carbocycles. The number of hydrogen-bond acceptors (Lipinski definition) is 2. The third kappa shape index (κ3) is 2.71. The van der Waals surface area contributed by atoms with E-state index in [1.54, 1.807) is 0 Å². The fourth-order valence-corrected chi connectivity index (χ4v) is 2.41. The topological polar surface area (TPSA) is 23.3 Å². The summed E-state index contributed by atoms with van der Waals surface area (Å²) in [5.41, 5.74) is 0. The van der Waals surface area contributed by atoms with E-state index in [1.165, 1.54) is 19.3 Å². The van der Waals surface area contributed by atoms with Crippen LogP contribution in [0.2, 0.25) is 0 Å². The average Bonchev–Trinajstić information content (AvgIpc) is 2.96. The summed E-state index contributed by atoms with van der Waals surface area (Å²) in [6.45, 7) is 8.47. The summed E-state index contributed by atoms with van der Waals surface area (Å²) < 4.78 is 0. The Kier molecular flexibility index (Phi) is 3.29. The number of rotatable bonds is 3. The zero-order valence-corrected chi connectivity index (χ0v) is 9.91. The number of nitrogens with zero attached hydrogens (tertiary/aromatic N) is 2. The lowest BCUT2D eigenvalue weighted by atomic mass is 10.1. The Morgan fingerprint density at radius 1 is 1.27 bits per heavy atom. The molecule has 2 aliphatic rings. The fourth-order valence-electron chi connectivity index (χ4n) is 2.41. The van der Waals surface area contributed by atoms with Gasteiger partial charge >= 0.3 is 0 Å². The Labute approximate surface area is 92.4 Å². The lowest BCUT2D eigenvalue weighted by molar-refractivity contribution is -0.132. The van der Waals surface area contributed by atoms with Gasteiger partial charge in [0.15, 0.2) is 0 Å². The molecule has 2 fully saturated rings. The van der Waals surface area contributed by atoms with E-state index in [0.717, 1.165) is 26.2 Å². The molecule has 2 saturated heterocycles. The van der Waals surface area contributed by atoms with Crippen molar-refractivity contribution in [2.75, 3.05) is 26.2 Å². The first kappa shape index (κ1) is 10.9. The number of likely N-dealkylation sites (tertiary alicyclic amines) is 1. The van der Waals surface area contributed by atoms with Gasteiger partial charge in [0.25, 0.3) is 0 Å². The zero-order chi connectivity index (χ0) is 10.8. The van der Waals surface area contributed by atoms with Crippen molar-refractivity contribution >= 4 is 5.91 Å². The summed E-state index contributed by atoms with van der Waals surface area (Å²) in [4.78, 5) is 16.4. The number of carbonyl (C=O) groups is 1. The highest BCUT2D eigenvalue weighted by Gasteiger charge is 2.42. The SMILES string of the molecule is CC(C)CN1CC1C(=O)N1CCCCC1. The number of hydrogen-bond donors (Lipinski definition) is 0. The van der Waals surface area contributed by atoms with Gasteiger partial charge in [0.2, 0.25) is 5.91 Å². The molecular formula is C12H22N2O. The molecule has 15 heavy (non-hydrogen) atoms. The van der Waals surface area contributed by atoms with Gasteiger partial charge in [-0.1, -0.05) is 13.8 Å². The summed E-state index contributed by atoms with van der Waals surface area (Å²) in [7, 11) is 0. The molecule has 86 valence electrons. The maximum absolute atomic E-state index is 12.0. The van der Waals surface area contributed by atoms with Gasteiger partial charge in [-0.15, -0.1) is 0 Å². The Balaban J connectivity index is 1.77. The maximum Gasteiger partial charge on any atom is 0.241 e. The Morgan fingerprint density at radius 3 is 2.53 bits per heavy atom. The minimum atomic E-state index is 0.227. The molecule has 0 aromatic heterocycles. The zero-order valence-electron chi connectivity index (χ0n) is 9.91. The monoisotopic (exact) mass is 210 g/mol. The molecule has 3 heteroatoms. The van der Waals surface area contributed by atoms with Crippen molar-refractivity contribution in [2.24, 2.45) is 5.92 Å². The van der Waals surface area contributed by atoms with E-state index in [2.05, 4.69) is 23.6 Å². The highest BCUT2D eigenvalue weighted by atomic mass is 16.2. The van der Waals surface area contributed by atoms with E-state index < -0.39 is 0 Å². The highest BCUT2D eigenvalue weighted by Crippen LogP contribution is 2.23. The highest BCUT2D eigenvalue weighted by molar-refractivity contribution is 5.84. The van der Waals surface area contributed by atoms with Crippen LogP contribution in [0.5, 0.6) is 0 Å². The molecule has 0 N–H and O–H groups in total. The third-order valence-electron chi connectivity index (χ3n) is 3.27. The molecule has 0 aromatic rings. The van der Waals surface area contributed by atoms with Gasteiger partial charge in [-0.3, -0.25) is 9.69 Å². The quantitative estimate of drug-likeness (QED) is 0.656. The molecule has 3 nitrogen and oxygen atoms in total. The van der Waals surface area contributed by atoms with Gasteiger partial charge in [-0.25, -0.2) is 0 Å². The first-order valence-electron chi connectivity index (χ1n) is 6.21. The second-order valence-electron chi connectivity index (χ2n) is 5.25. The molecule has 2 aliphatic heterocycles. The van der Waals surface area contributed by atoms with Crippen molar-refractivity contribution in [2.45, 2.75) is 39.2 Å². The number of carbonyl (C=O) groups excluding carboxylic acids is 1. The smallest absolute Gasteiger partial charge is 0.241 e. The van der Waals surface area contributed by atoms with Crippen LogP contribution in [0.3, 0.4) is 0 Å². The second kappa shape index (κ2) is 4.52. The Bertz CT molecular complexity index is 234. The van der Waals surface area contributed by atoms with Crippen LogP contribution in [0, 0.1) is 5.92 Å². The predicted molar refractivity (Wildman–Crippen MR) is 60.6 cm³/mol. The second-order valence-corrected chi connectivity index (χ2v) is 5.25. The lowest BCUT2D eigenvalue weighted by Crippen LogP contribution is -2.39. The summed E-state index contributed by atoms with van der Waals surface area (Å²) in [5, 5.41) is 0. The van der Waals surface area contributed by atoms with Crippen LogP contribution < -0.4 is 0 Å². The molecule has 2 unspecified atom stereocenters. The van der Waals surface area contributed by atoms with Crippen LogP contribution in [0.25, 0.3) is 0 Å². The van der Waals surface area contributed by atoms with E-state index in [9.17, 15) is 4.79 Å². The summed E-state index contributed by atoms with van der Waals surface area (Å²) in [6.07, 6.45) is 3.69. The molecule has 0 bridgehead atoms. The molecule has 0 spiro atoms. The van der Waals surface area contributed by atoms with Crippen molar-refractivity contribution in [3.63, 3.8) is 0 Å². The van der Waals surface area contributed by atoms with Crippen LogP contribution in [0.4, 0.5) is 0 Å². The summed E-state index contributed by atoms with van der Waals surface area (Å²) in [5.74, 6) is 1.06. The van der Waals surface area contributed by atoms with Crippen LogP contribution in [-0.2, 0) is 4.79 Å². The van der Waals surface area contributed by atoms with Crippen LogP contribution >= 0.6 is 0 Å². The summed E-state index contributed by atoms with van der Waals surface area (Å²) in [6, 6.07) is 0.227. The van der Waals surface area contributed by atoms with Crippen molar-refractivity contribution < 1.29 is 4.79 Å². The normalized spacial score (nSPS) is 30.7.